The lowest BCUT2D eigenvalue weighted by Gasteiger charge is -2.42. The first-order chi connectivity index (χ1) is 15.3. The predicted octanol–water partition coefficient (Wildman–Crippen LogP) is 5.89. The van der Waals surface area contributed by atoms with E-state index in [0.717, 1.165) is 30.7 Å². The van der Waals surface area contributed by atoms with Crippen molar-refractivity contribution in [2.75, 3.05) is 20.7 Å². The predicted molar refractivity (Wildman–Crippen MR) is 131 cm³/mol. The summed E-state index contributed by atoms with van der Waals surface area (Å²) in [5.41, 5.74) is 5.75. The van der Waals surface area contributed by atoms with E-state index in [9.17, 15) is 4.79 Å². The van der Waals surface area contributed by atoms with Gasteiger partial charge >= 0.3 is 0 Å². The number of ether oxygens (including phenoxy) is 1. The minimum Gasteiger partial charge on any atom is -0.497 e. The maximum absolute atomic E-state index is 13.5. The van der Waals surface area contributed by atoms with Gasteiger partial charge in [0.25, 0.3) is 5.91 Å². The fraction of sp³-hybridized carbons (Fsp3) is 0.393. The fourth-order valence-electron chi connectivity index (χ4n) is 4.91. The Balaban J connectivity index is 1.59. The van der Waals surface area contributed by atoms with Gasteiger partial charge in [-0.15, -0.1) is 0 Å². The smallest absolute Gasteiger partial charge is 0.255 e. The first kappa shape index (κ1) is 22.3. The molecule has 4 heteroatoms. The van der Waals surface area contributed by atoms with E-state index in [1.807, 2.05) is 6.07 Å². The van der Waals surface area contributed by atoms with E-state index in [1.54, 1.807) is 7.11 Å². The van der Waals surface area contributed by atoms with Crippen LogP contribution in [0.4, 0.5) is 0 Å². The highest BCUT2D eigenvalue weighted by Crippen LogP contribution is 2.31. The van der Waals surface area contributed by atoms with Gasteiger partial charge in [-0.05, 0) is 98.0 Å². The summed E-state index contributed by atoms with van der Waals surface area (Å²) in [4.78, 5) is 17.9. The number of fused-ring (bicyclic) bond motifs is 2. The van der Waals surface area contributed by atoms with Crippen molar-refractivity contribution in [3.8, 4) is 5.75 Å². The molecule has 2 atom stereocenters. The molecule has 3 aromatic carbocycles. The van der Waals surface area contributed by atoms with Gasteiger partial charge in [0, 0.05) is 18.2 Å². The van der Waals surface area contributed by atoms with Crippen LogP contribution in [0.3, 0.4) is 0 Å². The van der Waals surface area contributed by atoms with Gasteiger partial charge in [-0.3, -0.25) is 9.69 Å². The molecule has 4 nitrogen and oxygen atoms in total. The molecule has 0 bridgehead atoms. The second-order valence-corrected chi connectivity index (χ2v) is 9.04. The van der Waals surface area contributed by atoms with E-state index in [4.69, 9.17) is 4.74 Å². The number of rotatable bonds is 6. The summed E-state index contributed by atoms with van der Waals surface area (Å²) in [6.45, 7) is 9.37. The average Bonchev–Trinajstić information content (AvgIpc) is 2.81. The zero-order valence-electron chi connectivity index (χ0n) is 20.1. The van der Waals surface area contributed by atoms with E-state index in [-0.39, 0.29) is 18.1 Å². The van der Waals surface area contributed by atoms with Crippen molar-refractivity contribution in [3.63, 3.8) is 0 Å². The van der Waals surface area contributed by atoms with Crippen LogP contribution in [0.25, 0.3) is 10.8 Å². The van der Waals surface area contributed by atoms with Crippen LogP contribution >= 0.6 is 0 Å². The maximum atomic E-state index is 13.5. The summed E-state index contributed by atoms with van der Waals surface area (Å²) >= 11 is 0. The normalized spacial score (nSPS) is 15.7. The monoisotopic (exact) mass is 430 g/mol. The number of carbonyl (C=O) groups is 1. The molecule has 168 valence electrons. The Labute approximate surface area is 191 Å². The van der Waals surface area contributed by atoms with Crippen molar-refractivity contribution < 1.29 is 9.53 Å². The van der Waals surface area contributed by atoms with E-state index >= 15 is 0 Å². The van der Waals surface area contributed by atoms with Crippen molar-refractivity contribution in [1.82, 2.24) is 9.80 Å². The van der Waals surface area contributed by atoms with E-state index in [2.05, 4.69) is 87.0 Å². The Morgan fingerprint density at radius 1 is 1.03 bits per heavy atom. The molecular weight excluding hydrogens is 396 g/mol. The molecule has 1 heterocycles. The molecule has 0 radical (unpaired) electrons. The van der Waals surface area contributed by atoms with Crippen LogP contribution in [0.2, 0.25) is 0 Å². The number of benzene rings is 3. The van der Waals surface area contributed by atoms with E-state index in [0.29, 0.717) is 0 Å². The Hall–Kier alpha value is -2.85. The van der Waals surface area contributed by atoms with Gasteiger partial charge in [-0.1, -0.05) is 31.2 Å². The molecule has 1 aliphatic rings. The first-order valence-corrected chi connectivity index (χ1v) is 11.5. The second kappa shape index (κ2) is 8.95. The molecular formula is C28H34N2O2. The van der Waals surface area contributed by atoms with Crippen LogP contribution in [-0.4, -0.2) is 42.6 Å². The van der Waals surface area contributed by atoms with Gasteiger partial charge < -0.3 is 9.64 Å². The van der Waals surface area contributed by atoms with Crippen LogP contribution in [0, 0.1) is 13.8 Å². The van der Waals surface area contributed by atoms with Crippen LogP contribution in [0.5, 0.6) is 5.75 Å². The van der Waals surface area contributed by atoms with Gasteiger partial charge in [0.2, 0.25) is 0 Å². The minimum atomic E-state index is 0.0545. The van der Waals surface area contributed by atoms with Crippen molar-refractivity contribution in [2.45, 2.75) is 52.7 Å². The number of methoxy groups -OCH3 is 1. The molecule has 0 spiro atoms. The molecule has 2 unspecified atom stereocenters. The van der Waals surface area contributed by atoms with Gasteiger partial charge in [-0.25, -0.2) is 0 Å². The first-order valence-electron chi connectivity index (χ1n) is 11.5. The third-order valence-electron chi connectivity index (χ3n) is 7.19. The quantitative estimate of drug-likeness (QED) is 0.489. The Morgan fingerprint density at radius 3 is 2.44 bits per heavy atom. The molecule has 4 rings (SSSR count). The highest BCUT2D eigenvalue weighted by atomic mass is 16.5. The van der Waals surface area contributed by atoms with Gasteiger partial charge in [0.1, 0.15) is 5.75 Å². The molecule has 3 aromatic rings. The van der Waals surface area contributed by atoms with Crippen LogP contribution < -0.4 is 4.74 Å². The summed E-state index contributed by atoms with van der Waals surface area (Å²) in [7, 11) is 3.83. The highest BCUT2D eigenvalue weighted by molar-refractivity contribution is 5.97. The number of aryl methyl sites for hydroxylation is 2. The molecule has 1 aliphatic heterocycles. The van der Waals surface area contributed by atoms with E-state index < -0.39 is 0 Å². The number of hydrogen-bond acceptors (Lipinski definition) is 3. The SMILES string of the molecule is CCC(N1CCc2cc(C)c(C)cc2C1=O)N(C)C(C)c1ccc2cc(OC)ccc2c1. The summed E-state index contributed by atoms with van der Waals surface area (Å²) in [5.74, 6) is 1.03. The van der Waals surface area contributed by atoms with Crippen molar-refractivity contribution in [3.05, 3.63) is 76.3 Å². The Morgan fingerprint density at radius 2 is 1.72 bits per heavy atom. The zero-order chi connectivity index (χ0) is 23.0. The molecule has 1 amide bonds. The van der Waals surface area contributed by atoms with E-state index in [1.165, 1.54) is 33.0 Å². The number of carbonyl (C=O) groups excluding carboxylic acids is 1. The third-order valence-corrected chi connectivity index (χ3v) is 7.19. The summed E-state index contributed by atoms with van der Waals surface area (Å²) in [5, 5.41) is 2.37. The van der Waals surface area contributed by atoms with Crippen molar-refractivity contribution in [1.29, 1.82) is 0 Å². The minimum absolute atomic E-state index is 0.0545. The van der Waals surface area contributed by atoms with Crippen molar-refractivity contribution >= 4 is 16.7 Å². The average molecular weight is 431 g/mol. The largest absolute Gasteiger partial charge is 0.497 e. The fourth-order valence-corrected chi connectivity index (χ4v) is 4.91. The standard InChI is InChI=1S/C28H34N2O2/c1-7-27(30-13-12-24-14-18(2)19(3)15-26(24)28(30)31)29(5)20(4)21-8-9-23-17-25(32-6)11-10-22(23)16-21/h8-11,14-17,20,27H,7,12-13H2,1-6H3. The zero-order valence-corrected chi connectivity index (χ0v) is 20.1. The molecule has 32 heavy (non-hydrogen) atoms. The lowest BCUT2D eigenvalue weighted by Crippen LogP contribution is -2.52. The highest BCUT2D eigenvalue weighted by Gasteiger charge is 2.33. The molecule has 0 aromatic heterocycles. The number of hydrogen-bond donors (Lipinski definition) is 0. The molecule has 0 saturated carbocycles. The van der Waals surface area contributed by atoms with Gasteiger partial charge in [0.15, 0.2) is 0 Å². The molecule has 0 aliphatic carbocycles. The Bertz CT molecular complexity index is 1150. The lowest BCUT2D eigenvalue weighted by atomic mass is 9.93. The Kier molecular flexibility index (Phi) is 6.25. The van der Waals surface area contributed by atoms with Gasteiger partial charge in [0.05, 0.1) is 13.3 Å². The van der Waals surface area contributed by atoms with Crippen LogP contribution in [-0.2, 0) is 6.42 Å². The summed E-state index contributed by atoms with van der Waals surface area (Å²) in [6, 6.07) is 17.2. The summed E-state index contributed by atoms with van der Waals surface area (Å²) in [6.07, 6.45) is 1.86. The molecule has 0 saturated heterocycles. The van der Waals surface area contributed by atoms with Crippen LogP contribution in [0.1, 0.15) is 58.9 Å². The maximum Gasteiger partial charge on any atom is 0.255 e. The molecule has 0 fully saturated rings. The van der Waals surface area contributed by atoms with Gasteiger partial charge in [-0.2, -0.15) is 0 Å². The third kappa shape index (κ3) is 4.00. The van der Waals surface area contributed by atoms with Crippen LogP contribution in [0.15, 0.2) is 48.5 Å². The topological polar surface area (TPSA) is 32.8 Å². The number of nitrogens with zero attached hydrogens (tertiary/aromatic N) is 2. The summed E-state index contributed by atoms with van der Waals surface area (Å²) < 4.78 is 5.35. The number of amides is 1. The second-order valence-electron chi connectivity index (χ2n) is 9.04. The molecule has 0 N–H and O–H groups in total. The van der Waals surface area contributed by atoms with Crippen molar-refractivity contribution in [2.24, 2.45) is 0 Å². The lowest BCUT2D eigenvalue weighted by molar-refractivity contribution is 0.0234.